The highest BCUT2D eigenvalue weighted by Crippen LogP contribution is 2.22. The minimum atomic E-state index is 0.138. The first-order valence-electron chi connectivity index (χ1n) is 7.75. The van der Waals surface area contributed by atoms with Gasteiger partial charge in [0.05, 0.1) is 0 Å². The van der Waals surface area contributed by atoms with Gasteiger partial charge in [0.2, 0.25) is 5.91 Å². The van der Waals surface area contributed by atoms with Crippen LogP contribution in [0.1, 0.15) is 30.9 Å². The fraction of sp³-hybridized carbons (Fsp3) is 0.471. The van der Waals surface area contributed by atoms with Crippen molar-refractivity contribution in [2.24, 2.45) is 0 Å². The molecule has 0 fully saturated rings. The summed E-state index contributed by atoms with van der Waals surface area (Å²) in [5.74, 6) is 0.138. The van der Waals surface area contributed by atoms with Gasteiger partial charge >= 0.3 is 0 Å². The highest BCUT2D eigenvalue weighted by Gasteiger charge is 2.07. The third-order valence-corrected chi connectivity index (χ3v) is 3.82. The monoisotopic (exact) mass is 287 g/mol. The normalized spacial score (nSPS) is 11.0. The van der Waals surface area contributed by atoms with E-state index in [0.29, 0.717) is 13.0 Å². The molecule has 4 heteroatoms. The van der Waals surface area contributed by atoms with Crippen molar-refractivity contribution in [3.63, 3.8) is 0 Å². The molecule has 2 aromatic rings. The van der Waals surface area contributed by atoms with Crippen LogP contribution in [-0.4, -0.2) is 31.0 Å². The number of carbonyl (C=O) groups is 1. The number of amides is 1. The quantitative estimate of drug-likeness (QED) is 0.653. The number of rotatable bonds is 8. The number of fused-ring (bicyclic) bond motifs is 1. The van der Waals surface area contributed by atoms with Gasteiger partial charge in [-0.25, -0.2) is 0 Å². The Hall–Kier alpha value is -1.81. The largest absolute Gasteiger partial charge is 0.361 e. The molecular weight excluding hydrogens is 262 g/mol. The maximum atomic E-state index is 11.7. The average molecular weight is 287 g/mol. The second-order valence-corrected chi connectivity index (χ2v) is 5.31. The van der Waals surface area contributed by atoms with Crippen LogP contribution in [-0.2, 0) is 17.6 Å². The summed E-state index contributed by atoms with van der Waals surface area (Å²) in [4.78, 5) is 15.0. The number of para-hydroxylation sites is 1. The molecule has 0 unspecified atom stereocenters. The van der Waals surface area contributed by atoms with Gasteiger partial charge in [0, 0.05) is 30.1 Å². The summed E-state index contributed by atoms with van der Waals surface area (Å²) in [6, 6.07) is 6.41. The fourth-order valence-corrected chi connectivity index (χ4v) is 2.63. The maximum absolute atomic E-state index is 11.7. The van der Waals surface area contributed by atoms with Crippen molar-refractivity contribution in [1.82, 2.24) is 15.6 Å². The molecule has 1 aromatic carbocycles. The van der Waals surface area contributed by atoms with Crippen LogP contribution in [0.4, 0.5) is 0 Å². The fourth-order valence-electron chi connectivity index (χ4n) is 2.63. The molecule has 0 saturated heterocycles. The molecule has 3 N–H and O–H groups in total. The number of H-pyrrole nitrogens is 1. The lowest BCUT2D eigenvalue weighted by Gasteiger charge is -2.05. The molecule has 0 aliphatic carbocycles. The van der Waals surface area contributed by atoms with Gasteiger partial charge in [-0.15, -0.1) is 0 Å². The molecule has 1 aromatic heterocycles. The van der Waals surface area contributed by atoms with Gasteiger partial charge in [-0.3, -0.25) is 4.79 Å². The Morgan fingerprint density at radius 2 is 2.10 bits per heavy atom. The van der Waals surface area contributed by atoms with Gasteiger partial charge in [-0.05, 0) is 44.0 Å². The smallest absolute Gasteiger partial charge is 0.220 e. The first kappa shape index (κ1) is 15.6. The molecule has 0 saturated carbocycles. The SMILES string of the molecule is CCc1cccc2c(CCNC(=O)CCCNC)c[nH]c12. The highest BCUT2D eigenvalue weighted by atomic mass is 16.1. The van der Waals surface area contributed by atoms with Crippen molar-refractivity contribution in [3.8, 4) is 0 Å². The van der Waals surface area contributed by atoms with Crippen molar-refractivity contribution in [2.45, 2.75) is 32.6 Å². The molecule has 1 heterocycles. The van der Waals surface area contributed by atoms with Crippen molar-refractivity contribution in [3.05, 3.63) is 35.5 Å². The molecule has 0 aliphatic rings. The minimum Gasteiger partial charge on any atom is -0.361 e. The van der Waals surface area contributed by atoms with Crippen LogP contribution in [0.5, 0.6) is 0 Å². The average Bonchev–Trinajstić information content (AvgIpc) is 2.91. The Morgan fingerprint density at radius 1 is 1.24 bits per heavy atom. The third-order valence-electron chi connectivity index (χ3n) is 3.82. The second kappa shape index (κ2) is 7.84. The van der Waals surface area contributed by atoms with Crippen LogP contribution < -0.4 is 10.6 Å². The zero-order valence-corrected chi connectivity index (χ0v) is 13.0. The van der Waals surface area contributed by atoms with E-state index in [1.165, 1.54) is 22.0 Å². The van der Waals surface area contributed by atoms with Crippen molar-refractivity contribution in [2.75, 3.05) is 20.1 Å². The summed E-state index contributed by atoms with van der Waals surface area (Å²) >= 11 is 0. The molecule has 0 spiro atoms. The molecule has 114 valence electrons. The van der Waals surface area contributed by atoms with E-state index >= 15 is 0 Å². The summed E-state index contributed by atoms with van der Waals surface area (Å²) in [6.07, 6.45) is 5.44. The van der Waals surface area contributed by atoms with E-state index in [2.05, 4.69) is 46.9 Å². The number of aromatic amines is 1. The lowest BCUT2D eigenvalue weighted by Crippen LogP contribution is -2.26. The first-order valence-corrected chi connectivity index (χ1v) is 7.75. The lowest BCUT2D eigenvalue weighted by atomic mass is 10.1. The molecular formula is C17H25N3O. The van der Waals surface area contributed by atoms with E-state index < -0.39 is 0 Å². The predicted molar refractivity (Wildman–Crippen MR) is 87.6 cm³/mol. The van der Waals surface area contributed by atoms with E-state index in [1.807, 2.05) is 7.05 Å². The molecule has 1 amide bonds. The first-order chi connectivity index (χ1) is 10.3. The maximum Gasteiger partial charge on any atom is 0.220 e. The van der Waals surface area contributed by atoms with Gasteiger partial charge in [-0.1, -0.05) is 25.1 Å². The predicted octanol–water partition coefficient (Wildman–Crippen LogP) is 2.39. The van der Waals surface area contributed by atoms with E-state index in [0.717, 1.165) is 25.8 Å². The zero-order valence-electron chi connectivity index (χ0n) is 13.0. The van der Waals surface area contributed by atoms with Crippen molar-refractivity contribution >= 4 is 16.8 Å². The van der Waals surface area contributed by atoms with Crippen molar-refractivity contribution < 1.29 is 4.79 Å². The highest BCUT2D eigenvalue weighted by molar-refractivity contribution is 5.86. The Bertz CT molecular complexity index is 589. The van der Waals surface area contributed by atoms with E-state index in [9.17, 15) is 4.79 Å². The van der Waals surface area contributed by atoms with Crippen LogP contribution >= 0.6 is 0 Å². The van der Waals surface area contributed by atoms with Crippen LogP contribution in [0.15, 0.2) is 24.4 Å². The Kier molecular flexibility index (Phi) is 5.81. The molecule has 2 rings (SSSR count). The molecule has 4 nitrogen and oxygen atoms in total. The minimum absolute atomic E-state index is 0.138. The van der Waals surface area contributed by atoms with Crippen LogP contribution in [0.2, 0.25) is 0 Å². The molecule has 0 atom stereocenters. The van der Waals surface area contributed by atoms with Gasteiger partial charge in [0.1, 0.15) is 0 Å². The number of aryl methyl sites for hydroxylation is 1. The Morgan fingerprint density at radius 3 is 2.86 bits per heavy atom. The van der Waals surface area contributed by atoms with Gasteiger partial charge in [0.25, 0.3) is 0 Å². The van der Waals surface area contributed by atoms with Crippen LogP contribution in [0.3, 0.4) is 0 Å². The summed E-state index contributed by atoms with van der Waals surface area (Å²) in [5, 5.41) is 7.32. The molecule has 0 radical (unpaired) electrons. The van der Waals surface area contributed by atoms with E-state index in [4.69, 9.17) is 0 Å². The Labute approximate surface area is 126 Å². The number of benzene rings is 1. The molecule has 21 heavy (non-hydrogen) atoms. The number of hydrogen-bond acceptors (Lipinski definition) is 2. The summed E-state index contributed by atoms with van der Waals surface area (Å²) < 4.78 is 0. The molecule has 0 aliphatic heterocycles. The zero-order chi connectivity index (χ0) is 15.1. The van der Waals surface area contributed by atoms with Crippen molar-refractivity contribution in [1.29, 1.82) is 0 Å². The third kappa shape index (κ3) is 4.08. The molecule has 0 bridgehead atoms. The summed E-state index contributed by atoms with van der Waals surface area (Å²) in [5.41, 5.74) is 3.85. The number of hydrogen-bond donors (Lipinski definition) is 3. The van der Waals surface area contributed by atoms with E-state index in [-0.39, 0.29) is 5.91 Å². The van der Waals surface area contributed by atoms with E-state index in [1.54, 1.807) is 0 Å². The van der Waals surface area contributed by atoms with Gasteiger partial charge in [0.15, 0.2) is 0 Å². The topological polar surface area (TPSA) is 56.9 Å². The number of nitrogens with one attached hydrogen (secondary N) is 3. The van der Waals surface area contributed by atoms with Gasteiger partial charge in [-0.2, -0.15) is 0 Å². The second-order valence-electron chi connectivity index (χ2n) is 5.31. The van der Waals surface area contributed by atoms with Crippen LogP contribution in [0, 0.1) is 0 Å². The number of aromatic nitrogens is 1. The lowest BCUT2D eigenvalue weighted by molar-refractivity contribution is -0.121. The standard InChI is InChI=1S/C17H25N3O/c1-3-13-6-4-7-15-14(12-20-17(13)15)9-11-19-16(21)8-5-10-18-2/h4,6-7,12,18,20H,3,5,8-11H2,1-2H3,(H,19,21). The number of carbonyl (C=O) groups excluding carboxylic acids is 1. The summed E-state index contributed by atoms with van der Waals surface area (Å²) in [6.45, 7) is 3.75. The Balaban J connectivity index is 1.88. The summed E-state index contributed by atoms with van der Waals surface area (Å²) in [7, 11) is 1.90. The van der Waals surface area contributed by atoms with Crippen LogP contribution in [0.25, 0.3) is 10.9 Å². The van der Waals surface area contributed by atoms with Gasteiger partial charge < -0.3 is 15.6 Å².